The predicted molar refractivity (Wildman–Crippen MR) is 153 cm³/mol. The Balaban J connectivity index is 1.58. The van der Waals surface area contributed by atoms with E-state index in [4.69, 9.17) is 11.6 Å². The highest BCUT2D eigenvalue weighted by Crippen LogP contribution is 2.29. The molecule has 1 heterocycles. The number of para-hydroxylation sites is 1. The van der Waals surface area contributed by atoms with E-state index in [2.05, 4.69) is 34.2 Å². The normalized spacial score (nSPS) is 11.6. The van der Waals surface area contributed by atoms with E-state index in [1.807, 2.05) is 32.0 Å². The summed E-state index contributed by atoms with van der Waals surface area (Å²) >= 11 is 6.09. The number of aryl methyl sites for hydroxylation is 3. The number of nitrogens with zero attached hydrogens (tertiary/aromatic N) is 3. The number of amides is 1. The highest BCUT2D eigenvalue weighted by Gasteiger charge is 2.28. The number of carbonyl (C=O) groups excluding carboxylic acids is 1. The van der Waals surface area contributed by atoms with Gasteiger partial charge in [0.2, 0.25) is 0 Å². The van der Waals surface area contributed by atoms with Crippen LogP contribution < -0.4 is 9.73 Å². The average molecular weight is 549 g/mol. The van der Waals surface area contributed by atoms with Gasteiger partial charge in [0.1, 0.15) is 6.54 Å². The lowest BCUT2D eigenvalue weighted by Crippen LogP contribution is -2.40. The zero-order chi connectivity index (χ0) is 27.4. The number of aromatic nitrogens is 1. The lowest BCUT2D eigenvalue weighted by Gasteiger charge is -2.25. The molecule has 0 atom stereocenters. The van der Waals surface area contributed by atoms with Gasteiger partial charge in [-0.3, -0.25) is 9.10 Å². The van der Waals surface area contributed by atoms with Gasteiger partial charge in [0, 0.05) is 27.7 Å². The molecule has 4 rings (SSSR count). The summed E-state index contributed by atoms with van der Waals surface area (Å²) in [6.07, 6.45) is 1.57. The first kappa shape index (κ1) is 27.2. The van der Waals surface area contributed by atoms with Crippen molar-refractivity contribution in [2.75, 3.05) is 10.8 Å². The number of hydrogen-bond acceptors (Lipinski definition) is 4. The third-order valence-electron chi connectivity index (χ3n) is 6.27. The van der Waals surface area contributed by atoms with Crippen molar-refractivity contribution in [3.05, 3.63) is 112 Å². The van der Waals surface area contributed by atoms with Crippen molar-refractivity contribution in [3.63, 3.8) is 0 Å². The third-order valence-corrected chi connectivity index (χ3v) is 8.27. The van der Waals surface area contributed by atoms with Gasteiger partial charge in [-0.15, -0.1) is 0 Å². The fourth-order valence-electron chi connectivity index (χ4n) is 4.36. The molecule has 0 fully saturated rings. The smallest absolute Gasteiger partial charge is 0.264 e. The van der Waals surface area contributed by atoms with Crippen molar-refractivity contribution in [1.29, 1.82) is 0 Å². The van der Waals surface area contributed by atoms with Crippen LogP contribution in [-0.4, -0.2) is 31.7 Å². The van der Waals surface area contributed by atoms with E-state index in [9.17, 15) is 13.2 Å². The SMILES string of the molecule is Cc1cc(Cl)ccc1N(CC(=O)N/N=C/c1cc(C)n(-c2ccccc2C)c1C)S(=O)(=O)c1ccccc1. The summed E-state index contributed by atoms with van der Waals surface area (Å²) in [5, 5.41) is 4.60. The summed E-state index contributed by atoms with van der Waals surface area (Å²) in [4.78, 5) is 13.0. The number of benzene rings is 3. The van der Waals surface area contributed by atoms with Gasteiger partial charge in [-0.1, -0.05) is 48.0 Å². The van der Waals surface area contributed by atoms with Crippen LogP contribution in [0, 0.1) is 27.7 Å². The Morgan fingerprint density at radius 2 is 1.63 bits per heavy atom. The molecule has 3 aromatic carbocycles. The third kappa shape index (κ3) is 5.66. The maximum absolute atomic E-state index is 13.5. The van der Waals surface area contributed by atoms with Crippen LogP contribution in [0.1, 0.15) is 28.1 Å². The van der Waals surface area contributed by atoms with E-state index in [0.717, 1.165) is 32.5 Å². The van der Waals surface area contributed by atoms with Gasteiger partial charge < -0.3 is 4.57 Å². The maximum atomic E-state index is 13.5. The highest BCUT2D eigenvalue weighted by atomic mass is 35.5. The molecule has 1 amide bonds. The van der Waals surface area contributed by atoms with E-state index in [0.29, 0.717) is 16.3 Å². The minimum absolute atomic E-state index is 0.0781. The Bertz CT molecular complexity index is 1610. The Labute approximate surface area is 228 Å². The second-order valence-corrected chi connectivity index (χ2v) is 11.3. The van der Waals surface area contributed by atoms with Gasteiger partial charge in [-0.2, -0.15) is 5.10 Å². The van der Waals surface area contributed by atoms with Gasteiger partial charge >= 0.3 is 0 Å². The molecule has 38 heavy (non-hydrogen) atoms. The Kier molecular flexibility index (Phi) is 8.04. The molecule has 4 aromatic rings. The largest absolute Gasteiger partial charge is 0.318 e. The Hall–Kier alpha value is -3.88. The van der Waals surface area contributed by atoms with Crippen LogP contribution in [0.15, 0.2) is 88.9 Å². The van der Waals surface area contributed by atoms with E-state index in [1.54, 1.807) is 49.5 Å². The molecule has 9 heteroatoms. The molecule has 0 unspecified atom stereocenters. The van der Waals surface area contributed by atoms with Gasteiger partial charge in [0.25, 0.3) is 15.9 Å². The van der Waals surface area contributed by atoms with Crippen LogP contribution in [0.25, 0.3) is 5.69 Å². The second kappa shape index (κ2) is 11.2. The van der Waals surface area contributed by atoms with Crippen molar-refractivity contribution in [2.24, 2.45) is 5.10 Å². The molecule has 7 nitrogen and oxygen atoms in total. The molecule has 0 bridgehead atoms. The summed E-state index contributed by atoms with van der Waals surface area (Å²) in [5.41, 5.74) is 8.53. The number of rotatable bonds is 8. The van der Waals surface area contributed by atoms with Crippen molar-refractivity contribution in [1.82, 2.24) is 9.99 Å². The van der Waals surface area contributed by atoms with Crippen LogP contribution >= 0.6 is 11.6 Å². The van der Waals surface area contributed by atoms with Crippen LogP contribution in [0.5, 0.6) is 0 Å². The van der Waals surface area contributed by atoms with Crippen molar-refractivity contribution in [3.8, 4) is 5.69 Å². The molecule has 196 valence electrons. The van der Waals surface area contributed by atoms with Gasteiger partial charge in [-0.25, -0.2) is 13.8 Å². The molecule has 0 spiro atoms. The van der Waals surface area contributed by atoms with Crippen LogP contribution in [0.2, 0.25) is 5.02 Å². The number of anilines is 1. The number of nitrogens with one attached hydrogen (secondary N) is 1. The van der Waals surface area contributed by atoms with Gasteiger partial charge in [0.05, 0.1) is 16.8 Å². The minimum Gasteiger partial charge on any atom is -0.318 e. The molecular formula is C29H29ClN4O3S. The summed E-state index contributed by atoms with van der Waals surface area (Å²) in [6, 6.07) is 22.9. The quantitative estimate of drug-likeness (QED) is 0.226. The summed E-state index contributed by atoms with van der Waals surface area (Å²) in [5.74, 6) is -0.581. The second-order valence-electron chi connectivity index (χ2n) is 9.00. The number of hydrazone groups is 1. The van der Waals surface area contributed by atoms with E-state index < -0.39 is 22.5 Å². The van der Waals surface area contributed by atoms with E-state index in [1.165, 1.54) is 12.1 Å². The van der Waals surface area contributed by atoms with Crippen LogP contribution in [0.3, 0.4) is 0 Å². The molecule has 1 aromatic heterocycles. The first-order valence-corrected chi connectivity index (χ1v) is 13.8. The highest BCUT2D eigenvalue weighted by molar-refractivity contribution is 7.92. The first-order valence-electron chi connectivity index (χ1n) is 12.0. The standard InChI is InChI=1S/C29H29ClN4O3S/c1-20-10-8-9-13-28(20)34-22(3)17-24(23(34)4)18-31-32-29(35)19-33(27-15-14-25(30)16-21(27)2)38(36,37)26-11-6-5-7-12-26/h5-18H,19H2,1-4H3,(H,32,35)/b31-18+. The lowest BCUT2D eigenvalue weighted by atomic mass is 10.2. The average Bonchev–Trinajstić information content (AvgIpc) is 3.16. The molecular weight excluding hydrogens is 520 g/mol. The Morgan fingerprint density at radius 1 is 0.947 bits per heavy atom. The van der Waals surface area contributed by atoms with Crippen LogP contribution in [0.4, 0.5) is 5.69 Å². The summed E-state index contributed by atoms with van der Waals surface area (Å²) in [7, 11) is -4.03. The maximum Gasteiger partial charge on any atom is 0.264 e. The molecule has 0 saturated carbocycles. The molecule has 0 aliphatic rings. The first-order chi connectivity index (χ1) is 18.1. The molecule has 0 aliphatic carbocycles. The molecule has 0 radical (unpaired) electrons. The van der Waals surface area contributed by atoms with Crippen LogP contribution in [-0.2, 0) is 14.8 Å². The Morgan fingerprint density at radius 3 is 2.32 bits per heavy atom. The lowest BCUT2D eigenvalue weighted by molar-refractivity contribution is -0.119. The van der Waals surface area contributed by atoms with Crippen molar-refractivity contribution < 1.29 is 13.2 Å². The topological polar surface area (TPSA) is 83.8 Å². The molecule has 0 aliphatic heterocycles. The van der Waals surface area contributed by atoms with E-state index >= 15 is 0 Å². The van der Waals surface area contributed by atoms with Gasteiger partial charge in [0.15, 0.2) is 0 Å². The minimum atomic E-state index is -4.03. The monoisotopic (exact) mass is 548 g/mol. The van der Waals surface area contributed by atoms with E-state index in [-0.39, 0.29) is 4.90 Å². The van der Waals surface area contributed by atoms with Gasteiger partial charge in [-0.05, 0) is 81.3 Å². The fraction of sp³-hybridized carbons (Fsp3) is 0.172. The number of sulfonamides is 1. The fourth-order valence-corrected chi connectivity index (χ4v) is 6.09. The zero-order valence-corrected chi connectivity index (χ0v) is 23.2. The van der Waals surface area contributed by atoms with Crippen molar-refractivity contribution in [2.45, 2.75) is 32.6 Å². The number of carbonyl (C=O) groups is 1. The number of halogens is 1. The molecule has 1 N–H and O–H groups in total. The van der Waals surface area contributed by atoms with Crippen molar-refractivity contribution >= 4 is 39.4 Å². The molecule has 0 saturated heterocycles. The summed E-state index contributed by atoms with van der Waals surface area (Å²) < 4.78 is 30.2. The predicted octanol–water partition coefficient (Wildman–Crippen LogP) is 5.71. The summed E-state index contributed by atoms with van der Waals surface area (Å²) in [6.45, 7) is 7.34. The zero-order valence-electron chi connectivity index (χ0n) is 21.6. The number of hydrogen-bond donors (Lipinski definition) is 1.